The Morgan fingerprint density at radius 3 is 0.818 bits per heavy atom. The van der Waals surface area contributed by atoms with Crippen molar-refractivity contribution in [3.05, 3.63) is 35.9 Å². The molecule has 0 saturated heterocycles. The van der Waals surface area contributed by atoms with Crippen molar-refractivity contribution in [1.82, 2.24) is 0 Å². The van der Waals surface area contributed by atoms with Crippen LogP contribution in [0.1, 0.15) is 195 Å². The highest BCUT2D eigenvalue weighted by Gasteiger charge is 2.49. The number of rotatable bonds is 13. The van der Waals surface area contributed by atoms with Gasteiger partial charge in [0, 0.05) is 0 Å². The van der Waals surface area contributed by atoms with Crippen LogP contribution in [-0.2, 0) is 6.42 Å². The maximum Gasteiger partial charge on any atom is -0.0274 e. The number of hydrogen-bond acceptors (Lipinski definition) is 0. The van der Waals surface area contributed by atoms with E-state index in [9.17, 15) is 0 Å². The fourth-order valence-electron chi connectivity index (χ4n) is 10.6. The van der Waals surface area contributed by atoms with Crippen molar-refractivity contribution in [3.63, 3.8) is 0 Å². The molecule has 44 heavy (non-hydrogen) atoms. The SMILES string of the molecule is CC(C)(C)CC(CC(C)(C)C)(CC(C)(C)C)CC(C)(CCc1ccccc1)CC(CC(C)(C)C)(CC(C)(C)C)CC(C)(C)C. The van der Waals surface area contributed by atoms with Crippen molar-refractivity contribution >= 4 is 0 Å². The molecular formula is C44H82. The number of aryl methyl sites for hydroxylation is 1. The summed E-state index contributed by atoms with van der Waals surface area (Å²) in [5.74, 6) is 0. The van der Waals surface area contributed by atoms with E-state index < -0.39 is 0 Å². The van der Waals surface area contributed by atoms with Gasteiger partial charge in [-0.2, -0.15) is 0 Å². The van der Waals surface area contributed by atoms with Gasteiger partial charge in [0.2, 0.25) is 0 Å². The minimum Gasteiger partial charge on any atom is -0.0622 e. The van der Waals surface area contributed by atoms with E-state index in [1.54, 1.807) is 0 Å². The molecule has 0 aliphatic carbocycles. The van der Waals surface area contributed by atoms with Gasteiger partial charge in [0.1, 0.15) is 0 Å². The first-order valence-corrected chi connectivity index (χ1v) is 18.3. The molecule has 0 saturated carbocycles. The molecule has 0 bridgehead atoms. The van der Waals surface area contributed by atoms with Gasteiger partial charge in [-0.15, -0.1) is 0 Å². The van der Waals surface area contributed by atoms with Gasteiger partial charge in [-0.25, -0.2) is 0 Å². The normalized spacial score (nSPS) is 15.2. The van der Waals surface area contributed by atoms with E-state index in [-0.39, 0.29) is 48.7 Å². The van der Waals surface area contributed by atoms with Crippen LogP contribution in [0.25, 0.3) is 0 Å². The second-order valence-electron chi connectivity index (χ2n) is 23.6. The maximum absolute atomic E-state index is 2.74. The van der Waals surface area contributed by atoms with Crippen LogP contribution in [0.5, 0.6) is 0 Å². The zero-order valence-corrected chi connectivity index (χ0v) is 34.0. The molecule has 0 radical (unpaired) electrons. The van der Waals surface area contributed by atoms with E-state index in [1.807, 2.05) is 0 Å². The van der Waals surface area contributed by atoms with Gasteiger partial charge in [-0.3, -0.25) is 0 Å². The van der Waals surface area contributed by atoms with Crippen LogP contribution < -0.4 is 0 Å². The third-order valence-electron chi connectivity index (χ3n) is 8.90. The second-order valence-corrected chi connectivity index (χ2v) is 23.6. The third kappa shape index (κ3) is 17.8. The van der Waals surface area contributed by atoms with E-state index in [2.05, 4.69) is 162 Å². The molecule has 1 aromatic rings. The Morgan fingerprint density at radius 2 is 0.591 bits per heavy atom. The zero-order chi connectivity index (χ0) is 34.7. The van der Waals surface area contributed by atoms with Crippen molar-refractivity contribution in [2.75, 3.05) is 0 Å². The van der Waals surface area contributed by atoms with Crippen molar-refractivity contribution in [1.29, 1.82) is 0 Å². The topological polar surface area (TPSA) is 0 Å². The molecule has 0 spiro atoms. The van der Waals surface area contributed by atoms with Crippen LogP contribution in [0, 0.1) is 48.7 Å². The Hall–Kier alpha value is -0.780. The lowest BCUT2D eigenvalue weighted by Gasteiger charge is -2.54. The molecule has 0 amide bonds. The average Bonchev–Trinajstić information content (AvgIpc) is 2.64. The van der Waals surface area contributed by atoms with Crippen molar-refractivity contribution < 1.29 is 0 Å². The number of benzene rings is 1. The van der Waals surface area contributed by atoms with Gasteiger partial charge in [-0.1, -0.05) is 162 Å². The van der Waals surface area contributed by atoms with Gasteiger partial charge in [0.15, 0.2) is 0 Å². The van der Waals surface area contributed by atoms with E-state index in [4.69, 9.17) is 0 Å². The Labute approximate surface area is 279 Å². The fourth-order valence-corrected chi connectivity index (χ4v) is 10.6. The highest BCUT2D eigenvalue weighted by molar-refractivity contribution is 5.15. The Balaban J connectivity index is 4.01. The summed E-state index contributed by atoms with van der Waals surface area (Å²) in [7, 11) is 0. The molecule has 0 fully saturated rings. The molecular weight excluding hydrogens is 528 g/mol. The summed E-state index contributed by atoms with van der Waals surface area (Å²) < 4.78 is 0. The lowest BCUT2D eigenvalue weighted by atomic mass is 9.51. The first kappa shape index (κ1) is 41.2. The van der Waals surface area contributed by atoms with E-state index in [1.165, 1.54) is 69.8 Å². The fraction of sp³-hybridized carbons (Fsp3) is 0.864. The summed E-state index contributed by atoms with van der Waals surface area (Å²) in [5.41, 5.74) is 4.04. The van der Waals surface area contributed by atoms with Gasteiger partial charge >= 0.3 is 0 Å². The molecule has 0 atom stereocenters. The summed E-state index contributed by atoms with van der Waals surface area (Å²) in [5, 5.41) is 0. The average molecular weight is 611 g/mol. The quantitative estimate of drug-likeness (QED) is 0.208. The second kappa shape index (κ2) is 14.1. The Kier molecular flexibility index (Phi) is 13.3. The van der Waals surface area contributed by atoms with Gasteiger partial charge in [-0.05, 0) is 119 Å². The molecule has 0 heterocycles. The summed E-state index contributed by atoms with van der Waals surface area (Å²) in [6, 6.07) is 11.4. The monoisotopic (exact) mass is 611 g/mol. The molecule has 0 nitrogen and oxygen atoms in total. The van der Waals surface area contributed by atoms with Crippen molar-refractivity contribution in [3.8, 4) is 0 Å². The van der Waals surface area contributed by atoms with E-state index in [0.29, 0.717) is 0 Å². The third-order valence-corrected chi connectivity index (χ3v) is 8.90. The predicted octanol–water partition coefficient (Wildman–Crippen LogP) is 15.0. The highest BCUT2D eigenvalue weighted by atomic mass is 14.5. The molecule has 0 aromatic heterocycles. The molecule has 0 unspecified atom stereocenters. The van der Waals surface area contributed by atoms with Gasteiger partial charge < -0.3 is 0 Å². The molecule has 0 N–H and O–H groups in total. The molecule has 0 aliphatic heterocycles. The summed E-state index contributed by atoms with van der Waals surface area (Å²) in [6.45, 7) is 47.7. The standard InChI is InChI=1S/C44H82/c1-36(2,3)27-43(28-37(4,5)6,29-38(7,8)9)33-42(19,26-25-35-23-21-20-22-24-35)34-44(30-39(10,11)12,31-40(13,14)15)32-41(16,17)18/h20-24H,25-34H2,1-19H3. The Morgan fingerprint density at radius 1 is 0.341 bits per heavy atom. The van der Waals surface area contributed by atoms with Crippen LogP contribution in [-0.4, -0.2) is 0 Å². The summed E-state index contributed by atoms with van der Waals surface area (Å²) in [6.07, 6.45) is 12.8. The Bertz CT molecular complexity index is 823. The smallest absolute Gasteiger partial charge is 0.0274 e. The van der Waals surface area contributed by atoms with Gasteiger partial charge in [0.05, 0.1) is 0 Å². The lowest BCUT2D eigenvalue weighted by Crippen LogP contribution is -2.43. The summed E-state index contributed by atoms with van der Waals surface area (Å²) in [4.78, 5) is 0. The van der Waals surface area contributed by atoms with Crippen molar-refractivity contribution in [2.45, 2.75) is 196 Å². The minimum atomic E-state index is 0.235. The lowest BCUT2D eigenvalue weighted by molar-refractivity contribution is -0.0361. The van der Waals surface area contributed by atoms with Gasteiger partial charge in [0.25, 0.3) is 0 Å². The molecule has 0 aliphatic rings. The largest absolute Gasteiger partial charge is 0.0622 e. The number of hydrogen-bond donors (Lipinski definition) is 0. The molecule has 0 heteroatoms. The van der Waals surface area contributed by atoms with Crippen LogP contribution in [0.2, 0.25) is 0 Å². The predicted molar refractivity (Wildman–Crippen MR) is 201 cm³/mol. The first-order chi connectivity index (χ1) is 19.2. The molecule has 1 rings (SSSR count). The van der Waals surface area contributed by atoms with Crippen molar-refractivity contribution in [2.24, 2.45) is 48.7 Å². The zero-order valence-electron chi connectivity index (χ0n) is 34.0. The van der Waals surface area contributed by atoms with E-state index in [0.717, 1.165) is 0 Å². The summed E-state index contributed by atoms with van der Waals surface area (Å²) >= 11 is 0. The molecule has 1 aromatic carbocycles. The maximum atomic E-state index is 2.74. The van der Waals surface area contributed by atoms with Crippen LogP contribution >= 0.6 is 0 Å². The minimum absolute atomic E-state index is 0.235. The van der Waals surface area contributed by atoms with Crippen LogP contribution in [0.4, 0.5) is 0 Å². The van der Waals surface area contributed by atoms with Crippen LogP contribution in [0.3, 0.4) is 0 Å². The molecule has 258 valence electrons. The van der Waals surface area contributed by atoms with E-state index >= 15 is 0 Å². The highest BCUT2D eigenvalue weighted by Crippen LogP contribution is 2.61. The first-order valence-electron chi connectivity index (χ1n) is 18.3. The van der Waals surface area contributed by atoms with Crippen LogP contribution in [0.15, 0.2) is 30.3 Å².